The summed E-state index contributed by atoms with van der Waals surface area (Å²) >= 11 is 3.74. The van der Waals surface area contributed by atoms with Crippen LogP contribution in [0.3, 0.4) is 0 Å². The molecule has 1 N–H and O–H groups in total. The molecule has 0 saturated carbocycles. The van der Waals surface area contributed by atoms with Crippen LogP contribution in [-0.2, 0) is 0 Å². The van der Waals surface area contributed by atoms with Crippen LogP contribution in [-0.4, -0.2) is 37.5 Å². The van der Waals surface area contributed by atoms with E-state index in [1.807, 2.05) is 23.5 Å². The van der Waals surface area contributed by atoms with Gasteiger partial charge in [-0.05, 0) is 12.1 Å². The van der Waals surface area contributed by atoms with Gasteiger partial charge in [-0.25, -0.2) is 4.98 Å². The average Bonchev–Trinajstić information content (AvgIpc) is 2.90. The maximum absolute atomic E-state index is 9.68. The van der Waals surface area contributed by atoms with Gasteiger partial charge in [0.2, 0.25) is 0 Å². The molecule has 1 aliphatic heterocycles. The molecule has 0 spiro atoms. The Bertz CT molecular complexity index is 541. The first kappa shape index (κ1) is 11.9. The van der Waals surface area contributed by atoms with Gasteiger partial charge >= 0.3 is 0 Å². The first-order valence-corrected chi connectivity index (χ1v) is 7.72. The van der Waals surface area contributed by atoms with E-state index in [-0.39, 0.29) is 16.9 Å². The summed E-state index contributed by atoms with van der Waals surface area (Å²) in [7, 11) is 0. The molecule has 1 aliphatic rings. The summed E-state index contributed by atoms with van der Waals surface area (Å²) in [4.78, 5) is 8.38. The van der Waals surface area contributed by atoms with Gasteiger partial charge in [-0.15, -0.1) is 11.8 Å². The molecule has 94 valence electrons. The highest BCUT2D eigenvalue weighted by atomic mass is 32.2. The summed E-state index contributed by atoms with van der Waals surface area (Å²) in [6.07, 6.45) is 1.59. The van der Waals surface area contributed by atoms with Gasteiger partial charge in [-0.1, -0.05) is 5.16 Å². The smallest absolute Gasteiger partial charge is 0.280 e. The highest BCUT2D eigenvalue weighted by molar-refractivity contribution is 8.06. The molecular formula is C11H11N3O2S2. The van der Waals surface area contributed by atoms with Crippen LogP contribution in [0.25, 0.3) is 11.6 Å². The number of nitrogens with zero attached hydrogens (tertiary/aromatic N) is 3. The number of aromatic hydroxyl groups is 1. The highest BCUT2D eigenvalue weighted by Crippen LogP contribution is 2.36. The van der Waals surface area contributed by atoms with Gasteiger partial charge < -0.3 is 9.63 Å². The lowest BCUT2D eigenvalue weighted by Gasteiger charge is -2.16. The summed E-state index contributed by atoms with van der Waals surface area (Å²) in [5.74, 6) is 4.30. The third kappa shape index (κ3) is 2.32. The zero-order valence-corrected chi connectivity index (χ0v) is 11.1. The number of aromatic nitrogens is 3. The monoisotopic (exact) mass is 281 g/mol. The van der Waals surface area contributed by atoms with E-state index < -0.39 is 0 Å². The van der Waals surface area contributed by atoms with Crippen molar-refractivity contribution in [3.63, 3.8) is 0 Å². The van der Waals surface area contributed by atoms with Crippen molar-refractivity contribution in [3.8, 4) is 17.3 Å². The summed E-state index contributed by atoms with van der Waals surface area (Å²) in [5, 5.41) is 13.9. The van der Waals surface area contributed by atoms with E-state index >= 15 is 0 Å². The molecule has 3 heterocycles. The van der Waals surface area contributed by atoms with Crippen molar-refractivity contribution in [2.45, 2.75) is 5.25 Å². The molecule has 0 aromatic carbocycles. The minimum Gasteiger partial charge on any atom is -0.505 e. The molecule has 0 bridgehead atoms. The van der Waals surface area contributed by atoms with Crippen LogP contribution < -0.4 is 0 Å². The third-order valence-electron chi connectivity index (χ3n) is 2.53. The molecule has 0 radical (unpaired) electrons. The van der Waals surface area contributed by atoms with Crippen LogP contribution in [0, 0.1) is 0 Å². The van der Waals surface area contributed by atoms with Gasteiger partial charge in [0, 0.05) is 23.5 Å². The van der Waals surface area contributed by atoms with Gasteiger partial charge in [-0.3, -0.25) is 0 Å². The zero-order chi connectivity index (χ0) is 12.4. The first-order valence-electron chi connectivity index (χ1n) is 5.52. The van der Waals surface area contributed by atoms with E-state index in [1.54, 1.807) is 18.3 Å². The first-order chi connectivity index (χ1) is 8.84. The second-order valence-electron chi connectivity index (χ2n) is 3.76. The Morgan fingerprint density at radius 3 is 3.11 bits per heavy atom. The molecule has 1 unspecified atom stereocenters. The van der Waals surface area contributed by atoms with Crippen LogP contribution in [0.1, 0.15) is 11.1 Å². The molecule has 5 nitrogen and oxygen atoms in total. The van der Waals surface area contributed by atoms with E-state index in [4.69, 9.17) is 4.52 Å². The lowest BCUT2D eigenvalue weighted by molar-refractivity contribution is 0.416. The second-order valence-corrected chi connectivity index (χ2v) is 6.22. The predicted molar refractivity (Wildman–Crippen MR) is 71.7 cm³/mol. The topological polar surface area (TPSA) is 72.0 Å². The molecule has 1 fully saturated rings. The molecule has 3 rings (SSSR count). The van der Waals surface area contributed by atoms with Crippen molar-refractivity contribution in [1.29, 1.82) is 0 Å². The van der Waals surface area contributed by atoms with Crippen molar-refractivity contribution in [3.05, 3.63) is 24.2 Å². The number of hydrogen-bond donors (Lipinski definition) is 1. The molecule has 18 heavy (non-hydrogen) atoms. The molecule has 0 amide bonds. The Morgan fingerprint density at radius 1 is 1.39 bits per heavy atom. The number of thioether (sulfide) groups is 2. The van der Waals surface area contributed by atoms with Crippen molar-refractivity contribution in [1.82, 2.24) is 15.1 Å². The Kier molecular flexibility index (Phi) is 3.42. The summed E-state index contributed by atoms with van der Waals surface area (Å²) < 4.78 is 5.18. The van der Waals surface area contributed by atoms with Crippen LogP contribution in [0.2, 0.25) is 0 Å². The van der Waals surface area contributed by atoms with Crippen molar-refractivity contribution >= 4 is 23.5 Å². The SMILES string of the molecule is Oc1cccnc1-c1nc(C2CSCCS2)no1. The van der Waals surface area contributed by atoms with Gasteiger partial charge in [0.05, 0.1) is 5.25 Å². The molecule has 1 atom stereocenters. The quantitative estimate of drug-likeness (QED) is 0.905. The van der Waals surface area contributed by atoms with E-state index in [2.05, 4.69) is 15.1 Å². The van der Waals surface area contributed by atoms with Crippen LogP contribution >= 0.6 is 23.5 Å². The normalized spacial score (nSPS) is 19.9. The fourth-order valence-corrected chi connectivity index (χ4v) is 4.25. The fraction of sp³-hybridized carbons (Fsp3) is 0.364. The Balaban J connectivity index is 1.87. The van der Waals surface area contributed by atoms with Gasteiger partial charge in [0.15, 0.2) is 11.5 Å². The molecule has 2 aromatic heterocycles. The standard InChI is InChI=1S/C11H11N3O2S2/c15-7-2-1-3-12-9(7)11-13-10(14-16-11)8-6-17-4-5-18-8/h1-3,8,15H,4-6H2. The lowest BCUT2D eigenvalue weighted by Crippen LogP contribution is -2.07. The Labute approximate surface area is 112 Å². The van der Waals surface area contributed by atoms with Gasteiger partial charge in [0.25, 0.3) is 5.89 Å². The van der Waals surface area contributed by atoms with Crippen molar-refractivity contribution < 1.29 is 9.63 Å². The second kappa shape index (κ2) is 5.19. The summed E-state index contributed by atoms with van der Waals surface area (Å²) in [5.41, 5.74) is 0.338. The molecule has 7 heteroatoms. The van der Waals surface area contributed by atoms with E-state index in [9.17, 15) is 5.11 Å². The van der Waals surface area contributed by atoms with Gasteiger partial charge in [0.1, 0.15) is 5.75 Å². The third-order valence-corrected chi connectivity index (χ3v) is 5.29. The van der Waals surface area contributed by atoms with Crippen molar-refractivity contribution in [2.24, 2.45) is 0 Å². The number of pyridine rings is 1. The Hall–Kier alpha value is -1.21. The largest absolute Gasteiger partial charge is 0.505 e. The molecule has 0 aliphatic carbocycles. The zero-order valence-electron chi connectivity index (χ0n) is 9.44. The molecule has 2 aromatic rings. The predicted octanol–water partition coefficient (Wildman–Crippen LogP) is 2.36. The number of hydrogen-bond acceptors (Lipinski definition) is 7. The average molecular weight is 281 g/mol. The Morgan fingerprint density at radius 2 is 2.33 bits per heavy atom. The summed E-state index contributed by atoms with van der Waals surface area (Å²) in [6.45, 7) is 0. The minimum absolute atomic E-state index is 0.0540. The fourth-order valence-electron chi connectivity index (χ4n) is 1.66. The van der Waals surface area contributed by atoms with E-state index in [0.717, 1.165) is 11.5 Å². The van der Waals surface area contributed by atoms with Gasteiger partial charge in [-0.2, -0.15) is 16.7 Å². The van der Waals surface area contributed by atoms with Crippen LogP contribution in [0.4, 0.5) is 0 Å². The lowest BCUT2D eigenvalue weighted by atomic mass is 10.3. The van der Waals surface area contributed by atoms with E-state index in [0.29, 0.717) is 11.5 Å². The molecule has 1 saturated heterocycles. The maximum Gasteiger partial charge on any atom is 0.280 e. The highest BCUT2D eigenvalue weighted by Gasteiger charge is 2.23. The maximum atomic E-state index is 9.68. The van der Waals surface area contributed by atoms with Crippen LogP contribution in [0.5, 0.6) is 5.75 Å². The number of rotatable bonds is 2. The summed E-state index contributed by atoms with van der Waals surface area (Å²) in [6, 6.07) is 3.21. The van der Waals surface area contributed by atoms with E-state index in [1.165, 1.54) is 5.75 Å². The van der Waals surface area contributed by atoms with Crippen LogP contribution in [0.15, 0.2) is 22.9 Å². The van der Waals surface area contributed by atoms with Crippen molar-refractivity contribution in [2.75, 3.05) is 17.3 Å². The molecular weight excluding hydrogens is 270 g/mol. The minimum atomic E-state index is 0.0540.